The molecule has 1 aromatic heterocycles. The molecule has 2 amide bonds. The summed E-state index contributed by atoms with van der Waals surface area (Å²) in [4.78, 5) is 29.8. The molecule has 202 valence electrons. The fourth-order valence-electron chi connectivity index (χ4n) is 4.67. The zero-order valence-electron chi connectivity index (χ0n) is 22.2. The van der Waals surface area contributed by atoms with Gasteiger partial charge in [0.25, 0.3) is 0 Å². The summed E-state index contributed by atoms with van der Waals surface area (Å²) in [5.74, 6) is 0.0797. The number of hydrogen-bond acceptors (Lipinski definition) is 6. The third kappa shape index (κ3) is 5.49. The molecule has 5 aromatic rings. The Hall–Kier alpha value is -5.18. The topological polar surface area (TPSA) is 98.6 Å². The predicted molar refractivity (Wildman–Crippen MR) is 152 cm³/mol. The Morgan fingerprint density at radius 1 is 0.850 bits per heavy atom. The zero-order valence-corrected chi connectivity index (χ0v) is 22.2. The first-order valence-corrected chi connectivity index (χ1v) is 12.8. The van der Waals surface area contributed by atoms with Gasteiger partial charge in [-0.3, -0.25) is 14.5 Å². The van der Waals surface area contributed by atoms with Gasteiger partial charge in [-0.05, 0) is 35.9 Å². The number of anilines is 1. The molecule has 9 heteroatoms. The van der Waals surface area contributed by atoms with E-state index < -0.39 is 6.04 Å². The number of nitrogens with zero attached hydrogens (tertiary/aromatic N) is 4. The standard InChI is InChI=1S/C31H29N5O4/c1-39-27-19-11-16-24(30(27)40-2)29(31(38)32-20-22-12-5-3-6-13-22)36(23-14-7-4-8-15-23)28(37)21-35-26-18-10-9-17-25(26)33-34-35/h3-19,29H,20-21H2,1-2H3,(H,32,38)/t29-/m0/s1. The lowest BCUT2D eigenvalue weighted by atomic mass is 10.0. The number of methoxy groups -OCH3 is 2. The Balaban J connectivity index is 1.60. The maximum atomic E-state index is 14.2. The number of ether oxygens (including phenoxy) is 2. The first-order valence-electron chi connectivity index (χ1n) is 12.8. The fraction of sp³-hybridized carbons (Fsp3) is 0.161. The SMILES string of the molecule is COc1cccc([C@@H](C(=O)NCc2ccccc2)N(C(=O)Cn2nnc3ccccc32)c2ccccc2)c1OC. The van der Waals surface area contributed by atoms with E-state index in [9.17, 15) is 9.59 Å². The Morgan fingerprint density at radius 2 is 1.55 bits per heavy atom. The number of para-hydroxylation sites is 3. The number of rotatable bonds is 10. The summed E-state index contributed by atoms with van der Waals surface area (Å²) in [6, 6.07) is 30.3. The minimum atomic E-state index is -1.08. The average molecular weight is 536 g/mol. The summed E-state index contributed by atoms with van der Waals surface area (Å²) in [5.41, 5.74) is 3.34. The molecule has 1 N–H and O–H groups in total. The van der Waals surface area contributed by atoms with Gasteiger partial charge in [0.1, 0.15) is 18.1 Å². The highest BCUT2D eigenvalue weighted by Gasteiger charge is 2.36. The highest BCUT2D eigenvalue weighted by molar-refractivity contribution is 6.02. The van der Waals surface area contributed by atoms with Crippen molar-refractivity contribution in [2.75, 3.05) is 19.1 Å². The molecule has 0 bridgehead atoms. The molecule has 0 aliphatic rings. The van der Waals surface area contributed by atoms with Crippen molar-refractivity contribution in [2.24, 2.45) is 0 Å². The summed E-state index contributed by atoms with van der Waals surface area (Å²) < 4.78 is 12.8. The van der Waals surface area contributed by atoms with E-state index in [0.717, 1.165) is 5.56 Å². The number of hydrogen-bond donors (Lipinski definition) is 1. The van der Waals surface area contributed by atoms with Gasteiger partial charge in [-0.15, -0.1) is 5.10 Å². The lowest BCUT2D eigenvalue weighted by molar-refractivity contribution is -0.127. The molecule has 5 rings (SSSR count). The van der Waals surface area contributed by atoms with Gasteiger partial charge in [-0.1, -0.05) is 78.0 Å². The van der Waals surface area contributed by atoms with Crippen LogP contribution in [0.25, 0.3) is 11.0 Å². The molecule has 0 aliphatic carbocycles. The minimum absolute atomic E-state index is 0.135. The highest BCUT2D eigenvalue weighted by Crippen LogP contribution is 2.39. The van der Waals surface area contributed by atoms with Crippen LogP contribution in [0.1, 0.15) is 17.2 Å². The zero-order chi connectivity index (χ0) is 27.9. The minimum Gasteiger partial charge on any atom is -0.493 e. The molecular formula is C31H29N5O4. The molecular weight excluding hydrogens is 506 g/mol. The maximum Gasteiger partial charge on any atom is 0.249 e. The van der Waals surface area contributed by atoms with Crippen molar-refractivity contribution < 1.29 is 19.1 Å². The van der Waals surface area contributed by atoms with Crippen LogP contribution in [0.4, 0.5) is 5.69 Å². The van der Waals surface area contributed by atoms with Crippen LogP contribution in [0.2, 0.25) is 0 Å². The summed E-state index contributed by atoms with van der Waals surface area (Å²) in [6.07, 6.45) is 0. The maximum absolute atomic E-state index is 14.2. The first-order chi connectivity index (χ1) is 19.6. The molecule has 0 spiro atoms. The second-order valence-corrected chi connectivity index (χ2v) is 9.02. The van der Waals surface area contributed by atoms with E-state index in [-0.39, 0.29) is 24.9 Å². The smallest absolute Gasteiger partial charge is 0.249 e. The molecule has 0 saturated heterocycles. The summed E-state index contributed by atoms with van der Waals surface area (Å²) in [6.45, 7) is 0.150. The van der Waals surface area contributed by atoms with E-state index in [1.165, 1.54) is 23.8 Å². The summed E-state index contributed by atoms with van der Waals surface area (Å²) in [5, 5.41) is 11.4. The number of fused-ring (bicyclic) bond motifs is 1. The van der Waals surface area contributed by atoms with Crippen LogP contribution in [0.5, 0.6) is 11.5 Å². The molecule has 0 fully saturated rings. The average Bonchev–Trinajstić information content (AvgIpc) is 3.41. The van der Waals surface area contributed by atoms with Gasteiger partial charge in [-0.25, -0.2) is 4.68 Å². The van der Waals surface area contributed by atoms with E-state index in [4.69, 9.17) is 9.47 Å². The van der Waals surface area contributed by atoms with Gasteiger partial charge in [-0.2, -0.15) is 0 Å². The predicted octanol–water partition coefficient (Wildman–Crippen LogP) is 4.54. The van der Waals surface area contributed by atoms with Crippen LogP contribution in [0.3, 0.4) is 0 Å². The normalized spacial score (nSPS) is 11.6. The highest BCUT2D eigenvalue weighted by atomic mass is 16.5. The number of amides is 2. The van der Waals surface area contributed by atoms with Crippen molar-refractivity contribution in [3.8, 4) is 11.5 Å². The van der Waals surface area contributed by atoms with E-state index in [0.29, 0.717) is 33.8 Å². The third-order valence-electron chi connectivity index (χ3n) is 6.55. The molecule has 0 radical (unpaired) electrons. The van der Waals surface area contributed by atoms with E-state index >= 15 is 0 Å². The number of carbonyl (C=O) groups is 2. The quantitative estimate of drug-likeness (QED) is 0.282. The molecule has 40 heavy (non-hydrogen) atoms. The van der Waals surface area contributed by atoms with Gasteiger partial charge < -0.3 is 14.8 Å². The van der Waals surface area contributed by atoms with Crippen molar-refractivity contribution in [1.29, 1.82) is 0 Å². The Kier molecular flexibility index (Phi) is 8.01. The number of nitrogens with one attached hydrogen (secondary N) is 1. The van der Waals surface area contributed by atoms with Crippen molar-refractivity contribution in [2.45, 2.75) is 19.1 Å². The lowest BCUT2D eigenvalue weighted by Crippen LogP contribution is -2.45. The lowest BCUT2D eigenvalue weighted by Gasteiger charge is -2.32. The van der Waals surface area contributed by atoms with Crippen LogP contribution in [0.15, 0.2) is 103 Å². The van der Waals surface area contributed by atoms with Crippen molar-refractivity contribution >= 4 is 28.5 Å². The van der Waals surface area contributed by atoms with Gasteiger partial charge in [0.05, 0.1) is 19.7 Å². The third-order valence-corrected chi connectivity index (χ3v) is 6.55. The molecule has 0 unspecified atom stereocenters. The Bertz CT molecular complexity index is 1600. The van der Waals surface area contributed by atoms with Crippen molar-refractivity contribution in [3.05, 3.63) is 114 Å². The fourth-order valence-corrected chi connectivity index (χ4v) is 4.67. The second kappa shape index (κ2) is 12.1. The Labute approximate surface area is 231 Å². The van der Waals surface area contributed by atoms with Gasteiger partial charge in [0.15, 0.2) is 11.5 Å². The van der Waals surface area contributed by atoms with Crippen LogP contribution >= 0.6 is 0 Å². The molecule has 1 heterocycles. The number of aromatic nitrogens is 3. The van der Waals surface area contributed by atoms with Crippen molar-refractivity contribution in [1.82, 2.24) is 20.3 Å². The van der Waals surface area contributed by atoms with Gasteiger partial charge in [0.2, 0.25) is 11.8 Å². The summed E-state index contributed by atoms with van der Waals surface area (Å²) >= 11 is 0. The van der Waals surface area contributed by atoms with Gasteiger partial charge >= 0.3 is 0 Å². The second-order valence-electron chi connectivity index (χ2n) is 9.02. The van der Waals surface area contributed by atoms with Crippen LogP contribution in [0, 0.1) is 0 Å². The van der Waals surface area contributed by atoms with Gasteiger partial charge in [0, 0.05) is 17.8 Å². The van der Waals surface area contributed by atoms with Crippen molar-refractivity contribution in [3.63, 3.8) is 0 Å². The van der Waals surface area contributed by atoms with Crippen LogP contribution < -0.4 is 19.7 Å². The molecule has 4 aromatic carbocycles. The van der Waals surface area contributed by atoms with E-state index in [2.05, 4.69) is 15.6 Å². The molecule has 0 aliphatic heterocycles. The van der Waals surface area contributed by atoms with Crippen LogP contribution in [-0.2, 0) is 22.7 Å². The Morgan fingerprint density at radius 3 is 2.27 bits per heavy atom. The number of carbonyl (C=O) groups excluding carboxylic acids is 2. The molecule has 0 saturated carbocycles. The van der Waals surface area contributed by atoms with E-state index in [1.807, 2.05) is 72.8 Å². The van der Waals surface area contributed by atoms with Crippen LogP contribution in [-0.4, -0.2) is 41.0 Å². The summed E-state index contributed by atoms with van der Waals surface area (Å²) in [7, 11) is 3.04. The monoisotopic (exact) mass is 535 g/mol. The molecule has 1 atom stereocenters. The largest absolute Gasteiger partial charge is 0.493 e. The van der Waals surface area contributed by atoms with E-state index in [1.54, 1.807) is 30.3 Å². The first kappa shape index (κ1) is 26.4. The number of benzene rings is 4. The molecule has 9 nitrogen and oxygen atoms in total.